The lowest BCUT2D eigenvalue weighted by Crippen LogP contribution is -2.26. The van der Waals surface area contributed by atoms with Crippen molar-refractivity contribution in [1.82, 2.24) is 25.1 Å². The summed E-state index contributed by atoms with van der Waals surface area (Å²) in [5.41, 5.74) is 5.45. The molecule has 6 heteroatoms. The van der Waals surface area contributed by atoms with Gasteiger partial charge in [-0.05, 0) is 37.0 Å². The number of nitrogens with zero attached hydrogens (tertiary/aromatic N) is 3. The second-order valence-electron chi connectivity index (χ2n) is 7.52. The van der Waals surface area contributed by atoms with E-state index in [-0.39, 0.29) is 11.8 Å². The largest absolute Gasteiger partial charge is 0.361 e. The Balaban J connectivity index is 1.58. The van der Waals surface area contributed by atoms with Crippen LogP contribution in [0, 0.1) is 6.92 Å². The van der Waals surface area contributed by atoms with E-state index in [9.17, 15) is 4.79 Å². The van der Waals surface area contributed by atoms with Crippen molar-refractivity contribution in [3.05, 3.63) is 59.0 Å². The minimum atomic E-state index is -0.0785. The summed E-state index contributed by atoms with van der Waals surface area (Å²) in [5, 5.41) is 9.57. The minimum Gasteiger partial charge on any atom is -0.361 e. The number of nitrogens with one attached hydrogen (secondary N) is 2. The van der Waals surface area contributed by atoms with Crippen molar-refractivity contribution in [3.63, 3.8) is 0 Å². The van der Waals surface area contributed by atoms with Gasteiger partial charge in [-0.1, -0.05) is 32.0 Å². The number of pyridine rings is 1. The van der Waals surface area contributed by atoms with Crippen molar-refractivity contribution in [1.29, 1.82) is 0 Å². The molecule has 1 amide bonds. The summed E-state index contributed by atoms with van der Waals surface area (Å²) >= 11 is 0. The fourth-order valence-electron chi connectivity index (χ4n) is 3.68. The van der Waals surface area contributed by atoms with Gasteiger partial charge in [-0.2, -0.15) is 5.10 Å². The highest BCUT2D eigenvalue weighted by Crippen LogP contribution is 2.25. The minimum absolute atomic E-state index is 0.0785. The predicted octanol–water partition coefficient (Wildman–Crippen LogP) is 3.85. The van der Waals surface area contributed by atoms with Crippen LogP contribution in [0.3, 0.4) is 0 Å². The van der Waals surface area contributed by atoms with E-state index in [0.717, 1.165) is 34.4 Å². The van der Waals surface area contributed by atoms with Crippen molar-refractivity contribution in [2.45, 2.75) is 33.1 Å². The van der Waals surface area contributed by atoms with Gasteiger partial charge in [-0.15, -0.1) is 0 Å². The van der Waals surface area contributed by atoms with Crippen molar-refractivity contribution in [3.8, 4) is 0 Å². The van der Waals surface area contributed by atoms with Gasteiger partial charge in [-0.25, -0.2) is 4.98 Å². The molecule has 28 heavy (non-hydrogen) atoms. The Labute approximate surface area is 164 Å². The molecule has 0 saturated carbocycles. The third kappa shape index (κ3) is 3.15. The Morgan fingerprint density at radius 1 is 1.29 bits per heavy atom. The van der Waals surface area contributed by atoms with E-state index < -0.39 is 0 Å². The standard InChI is InChI=1S/C22H25N5O/c1-13(2)19-11-17(20-14(3)26-27(4)21(20)25-19)22(28)23-10-9-15-12-24-18-8-6-5-7-16(15)18/h5-8,11-13,24H,9-10H2,1-4H3,(H,23,28). The maximum atomic E-state index is 13.0. The summed E-state index contributed by atoms with van der Waals surface area (Å²) in [6, 6.07) is 10.1. The summed E-state index contributed by atoms with van der Waals surface area (Å²) < 4.78 is 1.75. The highest BCUT2D eigenvalue weighted by Gasteiger charge is 2.19. The first-order valence-corrected chi connectivity index (χ1v) is 9.63. The van der Waals surface area contributed by atoms with E-state index in [1.165, 1.54) is 10.9 Å². The van der Waals surface area contributed by atoms with Crippen molar-refractivity contribution >= 4 is 27.8 Å². The van der Waals surface area contributed by atoms with Gasteiger partial charge in [0.2, 0.25) is 0 Å². The average molecular weight is 375 g/mol. The van der Waals surface area contributed by atoms with Crippen LogP contribution < -0.4 is 5.32 Å². The summed E-state index contributed by atoms with van der Waals surface area (Å²) in [4.78, 5) is 21.0. The molecule has 3 heterocycles. The second kappa shape index (κ2) is 7.11. The van der Waals surface area contributed by atoms with Gasteiger partial charge in [0.15, 0.2) is 5.65 Å². The van der Waals surface area contributed by atoms with Crippen LogP contribution in [-0.2, 0) is 13.5 Å². The number of amides is 1. The van der Waals surface area contributed by atoms with E-state index >= 15 is 0 Å². The van der Waals surface area contributed by atoms with Gasteiger partial charge in [-0.3, -0.25) is 9.48 Å². The highest BCUT2D eigenvalue weighted by molar-refractivity contribution is 6.06. The Morgan fingerprint density at radius 3 is 2.86 bits per heavy atom. The van der Waals surface area contributed by atoms with Crippen LogP contribution in [0.2, 0.25) is 0 Å². The Kier molecular flexibility index (Phi) is 4.63. The number of hydrogen-bond acceptors (Lipinski definition) is 3. The molecule has 3 aromatic heterocycles. The lowest BCUT2D eigenvalue weighted by atomic mass is 10.0. The topological polar surface area (TPSA) is 75.6 Å². The first kappa shape index (κ1) is 18.2. The van der Waals surface area contributed by atoms with Crippen LogP contribution in [0.1, 0.15) is 47.1 Å². The maximum absolute atomic E-state index is 13.0. The van der Waals surface area contributed by atoms with E-state index in [2.05, 4.69) is 41.4 Å². The molecule has 0 bridgehead atoms. The lowest BCUT2D eigenvalue weighted by molar-refractivity contribution is 0.0955. The molecule has 4 rings (SSSR count). The maximum Gasteiger partial charge on any atom is 0.252 e. The van der Waals surface area contributed by atoms with Gasteiger partial charge < -0.3 is 10.3 Å². The number of carbonyl (C=O) groups is 1. The van der Waals surface area contributed by atoms with E-state index in [0.29, 0.717) is 12.1 Å². The molecule has 6 nitrogen and oxygen atoms in total. The van der Waals surface area contributed by atoms with Gasteiger partial charge in [0.25, 0.3) is 5.91 Å². The zero-order valence-electron chi connectivity index (χ0n) is 16.7. The number of rotatable bonds is 5. The SMILES string of the molecule is Cc1nn(C)c2nc(C(C)C)cc(C(=O)NCCc3c[nH]c4ccccc34)c12. The fourth-order valence-corrected chi connectivity index (χ4v) is 3.68. The fraction of sp³-hybridized carbons (Fsp3) is 0.318. The van der Waals surface area contributed by atoms with Crippen LogP contribution in [0.4, 0.5) is 0 Å². The number of para-hydroxylation sites is 1. The molecule has 144 valence electrons. The molecule has 0 aliphatic rings. The van der Waals surface area contributed by atoms with Crippen molar-refractivity contribution < 1.29 is 4.79 Å². The first-order valence-electron chi connectivity index (χ1n) is 9.63. The zero-order chi connectivity index (χ0) is 19.8. The monoisotopic (exact) mass is 375 g/mol. The number of hydrogen-bond donors (Lipinski definition) is 2. The Hall–Kier alpha value is -3.15. The van der Waals surface area contributed by atoms with Crippen LogP contribution in [0.15, 0.2) is 36.5 Å². The molecule has 0 unspecified atom stereocenters. The molecule has 4 aromatic rings. The molecule has 0 saturated heterocycles. The first-order chi connectivity index (χ1) is 13.5. The van der Waals surface area contributed by atoms with E-state index in [1.807, 2.05) is 38.4 Å². The molecule has 0 atom stereocenters. The third-order valence-corrected chi connectivity index (χ3v) is 5.18. The number of benzene rings is 1. The molecule has 0 spiro atoms. The summed E-state index contributed by atoms with van der Waals surface area (Å²) in [6.07, 6.45) is 2.79. The molecule has 0 aliphatic carbocycles. The quantitative estimate of drug-likeness (QED) is 0.556. The number of carbonyl (C=O) groups excluding carboxylic acids is 1. The normalized spacial score (nSPS) is 11.6. The zero-order valence-corrected chi connectivity index (χ0v) is 16.7. The van der Waals surface area contributed by atoms with Gasteiger partial charge in [0.05, 0.1) is 16.6 Å². The van der Waals surface area contributed by atoms with Crippen molar-refractivity contribution in [2.24, 2.45) is 7.05 Å². The summed E-state index contributed by atoms with van der Waals surface area (Å²) in [7, 11) is 1.87. The smallest absolute Gasteiger partial charge is 0.252 e. The molecule has 0 fully saturated rings. The van der Waals surface area contributed by atoms with E-state index in [4.69, 9.17) is 4.98 Å². The number of aryl methyl sites for hydroxylation is 2. The molecular formula is C22H25N5O. The van der Waals surface area contributed by atoms with Crippen LogP contribution in [-0.4, -0.2) is 32.2 Å². The van der Waals surface area contributed by atoms with Gasteiger partial charge >= 0.3 is 0 Å². The van der Waals surface area contributed by atoms with Crippen molar-refractivity contribution in [2.75, 3.05) is 6.54 Å². The van der Waals surface area contributed by atoms with Gasteiger partial charge in [0.1, 0.15) is 0 Å². The lowest BCUT2D eigenvalue weighted by Gasteiger charge is -2.11. The number of aromatic nitrogens is 4. The number of aromatic amines is 1. The average Bonchev–Trinajstić information content (AvgIpc) is 3.22. The van der Waals surface area contributed by atoms with Gasteiger partial charge in [0, 0.05) is 36.4 Å². The third-order valence-electron chi connectivity index (χ3n) is 5.18. The molecule has 0 radical (unpaired) electrons. The highest BCUT2D eigenvalue weighted by atomic mass is 16.1. The molecular weight excluding hydrogens is 350 g/mol. The summed E-state index contributed by atoms with van der Waals surface area (Å²) in [6.45, 7) is 6.65. The Bertz CT molecular complexity index is 1170. The van der Waals surface area contributed by atoms with Crippen LogP contribution in [0.5, 0.6) is 0 Å². The summed E-state index contributed by atoms with van der Waals surface area (Å²) in [5.74, 6) is 0.155. The predicted molar refractivity (Wildman–Crippen MR) is 112 cm³/mol. The molecule has 1 aromatic carbocycles. The van der Waals surface area contributed by atoms with E-state index in [1.54, 1.807) is 4.68 Å². The van der Waals surface area contributed by atoms with Crippen LogP contribution in [0.25, 0.3) is 21.9 Å². The number of H-pyrrole nitrogens is 1. The second-order valence-corrected chi connectivity index (χ2v) is 7.52. The van der Waals surface area contributed by atoms with Crippen LogP contribution >= 0.6 is 0 Å². The molecule has 0 aliphatic heterocycles. The number of fused-ring (bicyclic) bond motifs is 2. The Morgan fingerprint density at radius 2 is 2.07 bits per heavy atom. The molecule has 2 N–H and O–H groups in total.